The molecular weight excluding hydrogens is 682 g/mol. The molecule has 3 fully saturated rings. The molecule has 16 heteroatoms. The Balaban J connectivity index is 1.26. The lowest BCUT2D eigenvalue weighted by atomic mass is 9.85. The van der Waals surface area contributed by atoms with E-state index in [1.165, 1.54) is 15.9 Å². The fraction of sp³-hybridized carbons (Fsp3) is 0.629. The third-order valence-electron chi connectivity index (χ3n) is 10.2. The highest BCUT2D eigenvalue weighted by Gasteiger charge is 2.62. The summed E-state index contributed by atoms with van der Waals surface area (Å²) < 4.78 is 44.8. The summed E-state index contributed by atoms with van der Waals surface area (Å²) in [6.45, 7) is 9.99. The fourth-order valence-corrected chi connectivity index (χ4v) is 8.33. The first-order valence-corrected chi connectivity index (χ1v) is 19.1. The van der Waals surface area contributed by atoms with Crippen LogP contribution >= 0.6 is 0 Å². The van der Waals surface area contributed by atoms with E-state index in [1.54, 1.807) is 20.8 Å². The van der Waals surface area contributed by atoms with Gasteiger partial charge in [-0.05, 0) is 55.6 Å². The van der Waals surface area contributed by atoms with Crippen LogP contribution in [0.2, 0.25) is 0 Å². The van der Waals surface area contributed by atoms with E-state index >= 15 is 0 Å². The monoisotopic (exact) mass is 729 g/mol. The second kappa shape index (κ2) is 14.0. The van der Waals surface area contributed by atoms with Gasteiger partial charge in [-0.15, -0.1) is 6.58 Å². The van der Waals surface area contributed by atoms with Gasteiger partial charge in [-0.3, -0.25) is 24.0 Å². The van der Waals surface area contributed by atoms with Gasteiger partial charge in [0.15, 0.2) is 0 Å². The van der Waals surface area contributed by atoms with Gasteiger partial charge in [-0.25, -0.2) is 18.0 Å². The van der Waals surface area contributed by atoms with E-state index < -0.39 is 80.2 Å². The molecule has 2 aliphatic carbocycles. The number of alkyl carbamates (subject to hydrolysis) is 1. The summed E-state index contributed by atoms with van der Waals surface area (Å²) in [5.74, 6) is -2.07. The fourth-order valence-electron chi connectivity index (χ4n) is 6.97. The van der Waals surface area contributed by atoms with Crippen molar-refractivity contribution in [2.24, 2.45) is 11.3 Å². The molecule has 3 aliphatic heterocycles. The summed E-state index contributed by atoms with van der Waals surface area (Å²) in [5, 5.41) is 4.75. The molecule has 1 saturated heterocycles. The van der Waals surface area contributed by atoms with Crippen molar-refractivity contribution in [2.75, 3.05) is 19.8 Å². The number of carbonyl (C=O) groups is 5. The third-order valence-corrected chi connectivity index (χ3v) is 12.0. The second-order valence-electron chi connectivity index (χ2n) is 15.2. The first kappa shape index (κ1) is 36.5. The van der Waals surface area contributed by atoms with Crippen molar-refractivity contribution in [1.82, 2.24) is 25.2 Å². The van der Waals surface area contributed by atoms with Crippen LogP contribution in [0.25, 0.3) is 0 Å². The number of hydrogen-bond donors (Lipinski definition) is 3. The van der Waals surface area contributed by atoms with Crippen molar-refractivity contribution in [3.63, 3.8) is 0 Å². The largest absolute Gasteiger partial charge is 0.493 e. The number of sulfonamides is 1. The molecular formula is C35H47N5O10S. The molecule has 4 bridgehead atoms. The average Bonchev–Trinajstić information content (AvgIpc) is 3.96. The lowest BCUT2D eigenvalue weighted by Gasteiger charge is -2.35. The Labute approximate surface area is 297 Å². The van der Waals surface area contributed by atoms with Gasteiger partial charge >= 0.3 is 12.2 Å². The van der Waals surface area contributed by atoms with Gasteiger partial charge < -0.3 is 29.7 Å². The lowest BCUT2D eigenvalue weighted by molar-refractivity contribution is -0.142. The van der Waals surface area contributed by atoms with Gasteiger partial charge in [0, 0.05) is 24.4 Å². The highest BCUT2D eigenvalue weighted by Crippen LogP contribution is 2.45. The molecule has 0 spiro atoms. The molecule has 6 rings (SSSR count). The Morgan fingerprint density at radius 3 is 2.45 bits per heavy atom. The number of benzene rings is 1. The first-order valence-electron chi connectivity index (χ1n) is 17.6. The maximum Gasteiger partial charge on any atom is 0.410 e. The van der Waals surface area contributed by atoms with Crippen LogP contribution in [0.3, 0.4) is 0 Å². The predicted molar refractivity (Wildman–Crippen MR) is 182 cm³/mol. The van der Waals surface area contributed by atoms with Crippen molar-refractivity contribution in [3.8, 4) is 5.75 Å². The first-order chi connectivity index (χ1) is 24.1. The molecule has 1 unspecified atom stereocenters. The minimum absolute atomic E-state index is 0.101. The molecule has 51 heavy (non-hydrogen) atoms. The average molecular weight is 730 g/mol. The van der Waals surface area contributed by atoms with Crippen LogP contribution in [0.4, 0.5) is 9.59 Å². The summed E-state index contributed by atoms with van der Waals surface area (Å²) in [6, 6.07) is 3.28. The summed E-state index contributed by atoms with van der Waals surface area (Å²) in [5.41, 5.74) is -0.608. The Bertz CT molecular complexity index is 1710. The molecule has 0 radical (unpaired) electrons. The highest BCUT2D eigenvalue weighted by atomic mass is 32.2. The predicted octanol–water partition coefficient (Wildman–Crippen LogP) is 2.48. The Morgan fingerprint density at radius 2 is 1.78 bits per heavy atom. The van der Waals surface area contributed by atoms with Crippen LogP contribution in [-0.2, 0) is 47.0 Å². The van der Waals surface area contributed by atoms with E-state index in [4.69, 9.17) is 14.2 Å². The van der Waals surface area contributed by atoms with Crippen LogP contribution in [0.5, 0.6) is 5.75 Å². The van der Waals surface area contributed by atoms with Crippen molar-refractivity contribution in [1.29, 1.82) is 0 Å². The van der Waals surface area contributed by atoms with E-state index in [2.05, 4.69) is 21.9 Å². The van der Waals surface area contributed by atoms with Crippen LogP contribution in [0, 0.1) is 11.3 Å². The van der Waals surface area contributed by atoms with E-state index in [9.17, 15) is 32.4 Å². The van der Waals surface area contributed by atoms with Crippen LogP contribution in [0.1, 0.15) is 76.8 Å². The van der Waals surface area contributed by atoms with Gasteiger partial charge in [0.1, 0.15) is 29.5 Å². The zero-order chi connectivity index (χ0) is 36.7. The molecule has 5 amide bonds. The number of nitrogens with one attached hydrogen (secondary N) is 3. The number of rotatable bonds is 6. The molecule has 278 valence electrons. The van der Waals surface area contributed by atoms with Gasteiger partial charge in [-0.1, -0.05) is 39.0 Å². The van der Waals surface area contributed by atoms with Crippen LogP contribution in [-0.4, -0.2) is 96.9 Å². The zero-order valence-corrected chi connectivity index (χ0v) is 30.1. The number of cyclic esters (lactones) is 1. The Kier molecular flexibility index (Phi) is 10.0. The molecule has 5 atom stereocenters. The van der Waals surface area contributed by atoms with E-state index in [1.807, 2.05) is 18.2 Å². The maximum atomic E-state index is 14.3. The van der Waals surface area contributed by atoms with E-state index in [-0.39, 0.29) is 32.5 Å². The quantitative estimate of drug-likeness (QED) is 0.367. The zero-order valence-electron chi connectivity index (χ0n) is 29.3. The number of amides is 5. The molecule has 5 aliphatic rings. The normalized spacial score (nSPS) is 28.8. The molecule has 1 aromatic carbocycles. The highest BCUT2D eigenvalue weighted by molar-refractivity contribution is 7.91. The summed E-state index contributed by atoms with van der Waals surface area (Å²) in [4.78, 5) is 71.1. The molecule has 3 heterocycles. The van der Waals surface area contributed by atoms with Gasteiger partial charge in [-0.2, -0.15) is 0 Å². The number of ether oxygens (including phenoxy) is 3. The molecule has 15 nitrogen and oxygen atoms in total. The van der Waals surface area contributed by atoms with Gasteiger partial charge in [0.05, 0.1) is 31.6 Å². The standard InChI is InChI=1S/C35H47N5O10S/c1-5-22-17-35(22,31(43)38-51(46,47)24-12-13-24)37-29(41)26-16-23-19-40(26)30(42)28(34(2,3)4)36-32(44)49-15-8-6-7-14-48-27-11-9-10-21-18-39(20-25(21)27)33(45)50-23/h5,9-11,22-24,26,28H,1,6-8,12-20H2,2-4H3,(H,36,44)(H,37,41)(H,38,43)/t22-,23?,26-,28+,35-/m0/s1. The summed E-state index contributed by atoms with van der Waals surface area (Å²) in [7, 11) is -3.91. The number of fused-ring (bicyclic) bond motifs is 3. The topological polar surface area (TPSA) is 190 Å². The number of hydrogen-bond acceptors (Lipinski definition) is 10. The van der Waals surface area contributed by atoms with E-state index in [0.717, 1.165) is 24.0 Å². The van der Waals surface area contributed by atoms with Gasteiger partial charge in [0.2, 0.25) is 21.8 Å². The van der Waals surface area contributed by atoms with Gasteiger partial charge in [0.25, 0.3) is 5.91 Å². The minimum atomic E-state index is -3.91. The SMILES string of the molecule is C=C[C@H]1C[C@@]1(NC(=O)[C@@H]1CC2CN1C(=O)[C@H](C(C)(C)C)NC(=O)OCCCCCOc1cccc3c1CN(C3)C(=O)O2)C(=O)NS(=O)(=O)C1CC1. The Hall–Kier alpha value is -4.34. The molecule has 2 saturated carbocycles. The van der Waals surface area contributed by atoms with Crippen LogP contribution in [0.15, 0.2) is 30.9 Å². The third kappa shape index (κ3) is 7.80. The molecule has 1 aromatic rings. The van der Waals surface area contributed by atoms with Crippen molar-refractivity contribution < 1.29 is 46.6 Å². The minimum Gasteiger partial charge on any atom is -0.493 e. The van der Waals surface area contributed by atoms with Crippen molar-refractivity contribution in [2.45, 2.75) is 108 Å². The molecule has 3 N–H and O–H groups in total. The molecule has 0 aromatic heterocycles. The maximum absolute atomic E-state index is 14.3. The van der Waals surface area contributed by atoms with Crippen molar-refractivity contribution >= 4 is 39.9 Å². The number of nitrogens with zero attached hydrogens (tertiary/aromatic N) is 2. The second-order valence-corrected chi connectivity index (χ2v) is 17.1. The number of carbonyl (C=O) groups excluding carboxylic acids is 5. The Morgan fingerprint density at radius 1 is 1.06 bits per heavy atom. The summed E-state index contributed by atoms with van der Waals surface area (Å²) in [6.07, 6.45) is 2.08. The summed E-state index contributed by atoms with van der Waals surface area (Å²) >= 11 is 0. The van der Waals surface area contributed by atoms with E-state index in [0.29, 0.717) is 38.2 Å². The van der Waals surface area contributed by atoms with Crippen LogP contribution < -0.4 is 20.1 Å². The smallest absolute Gasteiger partial charge is 0.410 e. The lowest BCUT2D eigenvalue weighted by Crippen LogP contribution is -2.60. The van der Waals surface area contributed by atoms with Crippen molar-refractivity contribution in [3.05, 3.63) is 42.0 Å².